The van der Waals surface area contributed by atoms with Gasteiger partial charge < -0.3 is 0 Å². The topological polar surface area (TPSA) is 0 Å². The molecule has 22 heavy (non-hydrogen) atoms. The zero-order chi connectivity index (χ0) is 15.5. The van der Waals surface area contributed by atoms with Gasteiger partial charge in [-0.15, -0.1) is 37.7 Å². The molecule has 0 heterocycles. The fraction of sp³-hybridized carbons (Fsp3) is 0.526. The second kappa shape index (κ2) is 16.2. The van der Waals surface area contributed by atoms with Gasteiger partial charge in [0.25, 0.3) is 0 Å². The smallest absolute Gasteiger partial charge is 0.147 e. The molecule has 0 unspecified atom stereocenters. The Hall–Kier alpha value is 0.293. The van der Waals surface area contributed by atoms with Gasteiger partial charge in [-0.25, -0.2) is 12.2 Å². The van der Waals surface area contributed by atoms with E-state index in [2.05, 4.69) is 78.0 Å². The zero-order valence-electron chi connectivity index (χ0n) is 14.7. The third-order valence-corrected chi connectivity index (χ3v) is 2.78. The van der Waals surface area contributed by atoms with Gasteiger partial charge in [0.15, 0.2) is 0 Å². The first kappa shape index (κ1) is 27.2. The zero-order valence-corrected chi connectivity index (χ0v) is 18.8. The molecule has 0 saturated carbocycles. The van der Waals surface area contributed by atoms with E-state index >= 15 is 0 Å². The van der Waals surface area contributed by atoms with E-state index < -0.39 is 0 Å². The second-order valence-corrected chi connectivity index (χ2v) is 8.28. The Balaban J connectivity index is -0.000000249. The van der Waals surface area contributed by atoms with Crippen molar-refractivity contribution in [2.24, 2.45) is 11.8 Å². The van der Waals surface area contributed by atoms with Gasteiger partial charge in [-0.05, 0) is 0 Å². The first-order chi connectivity index (χ1) is 9.34. The molecule has 124 valence electrons. The molecule has 0 saturated heterocycles. The van der Waals surface area contributed by atoms with Crippen LogP contribution in [0.4, 0.5) is 0 Å². The molecule has 0 nitrogen and oxygen atoms in total. The summed E-state index contributed by atoms with van der Waals surface area (Å²) in [5.41, 5.74) is 2.87. The Morgan fingerprint density at radius 1 is 0.864 bits per heavy atom. The predicted molar refractivity (Wildman–Crippen MR) is 102 cm³/mol. The standard InChI is InChI=1S/2C8H11.C3H6.2ClH.Zr/c2*1-7(2)8-5-3-4-6-8;1-3-2;;;/h2*5-7H,3H2,1-2H3;1-2H3;2*1H;/q2*-1;;;;+2. The molecule has 0 aromatic heterocycles. The van der Waals surface area contributed by atoms with Gasteiger partial charge in [0, 0.05) is 0 Å². The molecule has 0 fully saturated rings. The van der Waals surface area contributed by atoms with Crippen molar-refractivity contribution in [3.05, 3.63) is 47.6 Å². The van der Waals surface area contributed by atoms with Gasteiger partial charge in [0.1, 0.15) is 0 Å². The quantitative estimate of drug-likeness (QED) is 0.463. The molecule has 2 aliphatic rings. The number of rotatable bonds is 2. The van der Waals surface area contributed by atoms with Gasteiger partial charge in [-0.2, -0.15) is 23.3 Å². The predicted octanol–water partition coefficient (Wildman–Crippen LogP) is 6.25. The minimum Gasteiger partial charge on any atom is -0.147 e. The van der Waals surface area contributed by atoms with Crippen LogP contribution in [0.1, 0.15) is 54.4 Å². The third kappa shape index (κ3) is 15.2. The Kier molecular flexibility index (Phi) is 19.9. The molecule has 3 heteroatoms. The number of allylic oxidation sites excluding steroid dienone is 8. The van der Waals surface area contributed by atoms with Crippen LogP contribution in [0.25, 0.3) is 0 Å². The van der Waals surface area contributed by atoms with E-state index in [1.54, 1.807) is 24.2 Å². The largest absolute Gasteiger partial charge is 0.147 e. The summed E-state index contributed by atoms with van der Waals surface area (Å²) in [5.74, 6) is 1.37. The first-order valence-electron chi connectivity index (χ1n) is 7.39. The molecule has 0 N–H and O–H groups in total. The molecule has 0 aromatic carbocycles. The minimum atomic E-state index is 0. The van der Waals surface area contributed by atoms with Crippen molar-refractivity contribution >= 4 is 28.0 Å². The molecule has 0 aliphatic heterocycles. The summed E-state index contributed by atoms with van der Waals surface area (Å²) >= 11 is 1.55. The number of hydrogen-bond acceptors (Lipinski definition) is 0. The monoisotopic (exact) mass is 418 g/mol. The Morgan fingerprint density at radius 3 is 1.23 bits per heavy atom. The van der Waals surface area contributed by atoms with Crippen molar-refractivity contribution in [1.82, 2.24) is 0 Å². The average Bonchev–Trinajstić information content (AvgIpc) is 3.03. The van der Waals surface area contributed by atoms with E-state index in [0.29, 0.717) is 11.8 Å². The Labute approximate surface area is 165 Å². The molecule has 2 rings (SSSR count). The van der Waals surface area contributed by atoms with Crippen LogP contribution in [-0.2, 0) is 24.2 Å². The van der Waals surface area contributed by atoms with E-state index in [-0.39, 0.29) is 24.8 Å². The summed E-state index contributed by atoms with van der Waals surface area (Å²) in [4.78, 5) is 0. The summed E-state index contributed by atoms with van der Waals surface area (Å²) in [6, 6.07) is 0. The van der Waals surface area contributed by atoms with Gasteiger partial charge in [0.2, 0.25) is 0 Å². The summed E-state index contributed by atoms with van der Waals surface area (Å²) in [7, 11) is 0. The van der Waals surface area contributed by atoms with Crippen molar-refractivity contribution < 1.29 is 24.2 Å². The maximum atomic E-state index is 3.14. The normalized spacial score (nSPS) is 14.1. The van der Waals surface area contributed by atoms with E-state index in [1.165, 1.54) is 14.4 Å². The van der Waals surface area contributed by atoms with Crippen LogP contribution in [0, 0.1) is 24.0 Å². The van der Waals surface area contributed by atoms with Crippen LogP contribution < -0.4 is 0 Å². The fourth-order valence-corrected chi connectivity index (χ4v) is 1.63. The minimum absolute atomic E-state index is 0. The molecule has 0 atom stereocenters. The summed E-state index contributed by atoms with van der Waals surface area (Å²) in [5, 5.41) is 0. The van der Waals surface area contributed by atoms with Crippen LogP contribution in [0.2, 0.25) is 0 Å². The fourth-order valence-electron chi connectivity index (χ4n) is 1.63. The van der Waals surface area contributed by atoms with Gasteiger partial charge in [-0.3, -0.25) is 12.2 Å². The molecule has 0 amide bonds. The van der Waals surface area contributed by atoms with Crippen LogP contribution in [-0.4, -0.2) is 3.21 Å². The summed E-state index contributed by atoms with van der Waals surface area (Å²) in [6.45, 7) is 13.1. The molecule has 0 radical (unpaired) electrons. The molecular formula is C19H30Cl2Zr. The van der Waals surface area contributed by atoms with Gasteiger partial charge in [-0.1, -0.05) is 39.5 Å². The van der Waals surface area contributed by atoms with Crippen molar-refractivity contribution in [2.45, 2.75) is 54.4 Å². The van der Waals surface area contributed by atoms with Crippen molar-refractivity contribution in [3.63, 3.8) is 0 Å². The SMILES string of the molecule is CC(C)C1=CC[C-]=C1.CC(C)C1=CC[C-]=C1.C[C](C)=[Zr+2].Cl.Cl. The summed E-state index contributed by atoms with van der Waals surface area (Å²) < 4.78 is 1.51. The number of hydrogen-bond donors (Lipinski definition) is 0. The van der Waals surface area contributed by atoms with E-state index in [9.17, 15) is 0 Å². The third-order valence-electron chi connectivity index (χ3n) is 2.78. The van der Waals surface area contributed by atoms with Gasteiger partial charge in [0.05, 0.1) is 0 Å². The number of halogens is 2. The van der Waals surface area contributed by atoms with Crippen LogP contribution in [0.5, 0.6) is 0 Å². The average molecular weight is 421 g/mol. The van der Waals surface area contributed by atoms with Gasteiger partial charge >= 0.3 is 41.3 Å². The Morgan fingerprint density at radius 2 is 1.14 bits per heavy atom. The maximum Gasteiger partial charge on any atom is -0.147 e. The second-order valence-electron chi connectivity index (χ2n) is 5.82. The van der Waals surface area contributed by atoms with Crippen molar-refractivity contribution in [3.8, 4) is 0 Å². The van der Waals surface area contributed by atoms with Crippen LogP contribution in [0.15, 0.2) is 35.5 Å². The van der Waals surface area contributed by atoms with Crippen molar-refractivity contribution in [2.75, 3.05) is 0 Å². The van der Waals surface area contributed by atoms with Crippen LogP contribution in [0.3, 0.4) is 0 Å². The molecule has 0 bridgehead atoms. The first-order valence-corrected chi connectivity index (χ1v) is 8.62. The van der Waals surface area contributed by atoms with Crippen molar-refractivity contribution in [1.29, 1.82) is 0 Å². The molecule has 2 aliphatic carbocycles. The Bertz CT molecular complexity index is 375. The van der Waals surface area contributed by atoms with Crippen LogP contribution >= 0.6 is 24.8 Å². The molecular weight excluding hydrogens is 390 g/mol. The summed E-state index contributed by atoms with van der Waals surface area (Å²) in [6.07, 6.45) is 16.9. The van der Waals surface area contributed by atoms with E-state index in [0.717, 1.165) is 12.8 Å². The van der Waals surface area contributed by atoms with E-state index in [1.807, 2.05) is 0 Å². The molecule has 0 spiro atoms. The maximum absolute atomic E-state index is 3.14. The van der Waals surface area contributed by atoms with E-state index in [4.69, 9.17) is 0 Å². The molecule has 0 aromatic rings.